The van der Waals surface area contributed by atoms with Crippen LogP contribution in [-0.4, -0.2) is 28.6 Å². The molecule has 0 bridgehead atoms. The molecule has 0 aromatic carbocycles. The quantitative estimate of drug-likeness (QED) is 0.825. The van der Waals surface area contributed by atoms with Gasteiger partial charge in [-0.15, -0.1) is 11.8 Å². The average Bonchev–Trinajstić information content (AvgIpc) is 1.97. The summed E-state index contributed by atoms with van der Waals surface area (Å²) in [5.74, 6) is -0.538. The maximum absolute atomic E-state index is 12.1. The van der Waals surface area contributed by atoms with Crippen LogP contribution in [0.25, 0.3) is 0 Å². The number of thioether (sulfide) groups is 1. The van der Waals surface area contributed by atoms with Gasteiger partial charge in [-0.05, 0) is 6.92 Å². The summed E-state index contributed by atoms with van der Waals surface area (Å²) < 4.78 is 36.1. The summed E-state index contributed by atoms with van der Waals surface area (Å²) in [6.45, 7) is 6.63. The fourth-order valence-corrected chi connectivity index (χ4v) is 1.29. The van der Waals surface area contributed by atoms with Crippen LogP contribution >= 0.6 is 11.8 Å². The van der Waals surface area contributed by atoms with E-state index in [1.54, 1.807) is 0 Å². The van der Waals surface area contributed by atoms with Gasteiger partial charge >= 0.3 is 6.18 Å². The molecule has 0 aliphatic heterocycles. The first-order valence-electron chi connectivity index (χ1n) is 4.52. The minimum absolute atomic E-state index is 0.0456. The van der Waals surface area contributed by atoms with E-state index in [4.69, 9.17) is 0 Å². The second-order valence-corrected chi connectivity index (χ2v) is 6.03. The molecular weight excluding hydrogens is 227 g/mol. The van der Waals surface area contributed by atoms with Gasteiger partial charge in [-0.2, -0.15) is 13.2 Å². The highest BCUT2D eigenvalue weighted by atomic mass is 32.2. The first-order valence-corrected chi connectivity index (χ1v) is 5.51. The molecule has 0 saturated heterocycles. The van der Waals surface area contributed by atoms with Crippen LogP contribution in [-0.2, 0) is 4.79 Å². The van der Waals surface area contributed by atoms with E-state index >= 15 is 0 Å². The summed E-state index contributed by atoms with van der Waals surface area (Å²) in [5, 5.41) is 1.91. The normalized spacial score (nSPS) is 14.9. The van der Waals surface area contributed by atoms with Gasteiger partial charge in [0.1, 0.15) is 6.04 Å². The summed E-state index contributed by atoms with van der Waals surface area (Å²) in [6.07, 6.45) is -4.37. The molecule has 1 amide bonds. The molecule has 0 aliphatic rings. The Labute approximate surface area is 92.0 Å². The Morgan fingerprint density at radius 3 is 2.13 bits per heavy atom. The first-order chi connectivity index (χ1) is 6.52. The van der Waals surface area contributed by atoms with E-state index in [0.29, 0.717) is 0 Å². The Hall–Kier alpha value is -0.390. The third kappa shape index (κ3) is 7.53. The van der Waals surface area contributed by atoms with Crippen LogP contribution < -0.4 is 5.32 Å². The third-order valence-electron chi connectivity index (χ3n) is 1.50. The fraction of sp³-hybridized carbons (Fsp3) is 0.889. The highest BCUT2D eigenvalue weighted by Crippen LogP contribution is 2.23. The van der Waals surface area contributed by atoms with Gasteiger partial charge in [0.05, 0.1) is 5.75 Å². The lowest BCUT2D eigenvalue weighted by Crippen LogP contribution is -2.44. The molecule has 0 aromatic heterocycles. The molecule has 6 heteroatoms. The number of amides is 1. The van der Waals surface area contributed by atoms with Crippen molar-refractivity contribution in [3.8, 4) is 0 Å². The van der Waals surface area contributed by atoms with Gasteiger partial charge in [0.25, 0.3) is 0 Å². The van der Waals surface area contributed by atoms with Crippen molar-refractivity contribution < 1.29 is 18.0 Å². The molecule has 0 spiro atoms. The van der Waals surface area contributed by atoms with Gasteiger partial charge in [0.15, 0.2) is 0 Å². The molecule has 0 rings (SSSR count). The molecule has 0 fully saturated rings. The molecule has 15 heavy (non-hydrogen) atoms. The van der Waals surface area contributed by atoms with Crippen molar-refractivity contribution >= 4 is 17.7 Å². The predicted molar refractivity (Wildman–Crippen MR) is 55.9 cm³/mol. The standard InChI is InChI=1S/C9H16F3NOS/c1-6(9(10,11)12)13-7(14)5-15-8(2,3)4/h6H,5H2,1-4H3,(H,13,14)/t6-/m1/s1. The Kier molecular flexibility index (Phi) is 4.96. The van der Waals surface area contributed by atoms with Gasteiger partial charge < -0.3 is 5.32 Å². The van der Waals surface area contributed by atoms with Crippen LogP contribution in [0.3, 0.4) is 0 Å². The van der Waals surface area contributed by atoms with E-state index in [0.717, 1.165) is 6.92 Å². The van der Waals surface area contributed by atoms with Crippen LogP contribution in [0.5, 0.6) is 0 Å². The highest BCUT2D eigenvalue weighted by molar-refractivity contribution is 8.01. The summed E-state index contributed by atoms with van der Waals surface area (Å²) in [5.41, 5.74) is 0. The van der Waals surface area contributed by atoms with Crippen molar-refractivity contribution in [3.63, 3.8) is 0 Å². The lowest BCUT2D eigenvalue weighted by atomic mass is 10.3. The van der Waals surface area contributed by atoms with Crippen molar-refractivity contribution in [2.45, 2.75) is 44.7 Å². The summed E-state index contributed by atoms with van der Waals surface area (Å²) in [6, 6.07) is -1.79. The number of rotatable bonds is 3. The van der Waals surface area contributed by atoms with E-state index in [1.807, 2.05) is 26.1 Å². The van der Waals surface area contributed by atoms with Gasteiger partial charge in [0, 0.05) is 4.75 Å². The fourth-order valence-electron chi connectivity index (χ4n) is 0.647. The molecule has 0 unspecified atom stereocenters. The zero-order valence-corrected chi connectivity index (χ0v) is 10.1. The number of hydrogen-bond acceptors (Lipinski definition) is 2. The smallest absolute Gasteiger partial charge is 0.344 e. The average molecular weight is 243 g/mol. The maximum atomic E-state index is 12.1. The van der Waals surface area contributed by atoms with Gasteiger partial charge in [-0.3, -0.25) is 4.79 Å². The molecular formula is C9H16F3NOS. The topological polar surface area (TPSA) is 29.1 Å². The SMILES string of the molecule is C[C@@H](NC(=O)CSC(C)(C)C)C(F)(F)F. The van der Waals surface area contributed by atoms with Gasteiger partial charge in [-0.1, -0.05) is 20.8 Å². The van der Waals surface area contributed by atoms with Crippen molar-refractivity contribution in [1.82, 2.24) is 5.32 Å². The molecule has 0 radical (unpaired) electrons. The number of nitrogens with one attached hydrogen (secondary N) is 1. The Balaban J connectivity index is 3.96. The lowest BCUT2D eigenvalue weighted by Gasteiger charge is -2.20. The van der Waals surface area contributed by atoms with Crippen LogP contribution in [0.4, 0.5) is 13.2 Å². The second-order valence-electron chi connectivity index (χ2n) is 4.23. The van der Waals surface area contributed by atoms with Crippen molar-refractivity contribution in [3.05, 3.63) is 0 Å². The van der Waals surface area contributed by atoms with Crippen molar-refractivity contribution in [1.29, 1.82) is 0 Å². The van der Waals surface area contributed by atoms with Crippen LogP contribution in [0.1, 0.15) is 27.7 Å². The van der Waals surface area contributed by atoms with Gasteiger partial charge in [0.2, 0.25) is 5.91 Å². The van der Waals surface area contributed by atoms with Crippen molar-refractivity contribution in [2.75, 3.05) is 5.75 Å². The number of halogens is 3. The van der Waals surface area contributed by atoms with Crippen LogP contribution in [0, 0.1) is 0 Å². The summed E-state index contributed by atoms with van der Waals surface area (Å²) in [4.78, 5) is 11.1. The second kappa shape index (κ2) is 5.09. The number of carbonyl (C=O) groups excluding carboxylic acids is 1. The minimum atomic E-state index is -4.37. The maximum Gasteiger partial charge on any atom is 0.408 e. The number of hydrogen-bond donors (Lipinski definition) is 1. The molecule has 0 saturated carbocycles. The van der Waals surface area contributed by atoms with E-state index in [1.165, 1.54) is 11.8 Å². The van der Waals surface area contributed by atoms with Crippen molar-refractivity contribution in [2.24, 2.45) is 0 Å². The minimum Gasteiger partial charge on any atom is -0.344 e. The van der Waals surface area contributed by atoms with E-state index in [2.05, 4.69) is 0 Å². The monoisotopic (exact) mass is 243 g/mol. The third-order valence-corrected chi connectivity index (χ3v) is 2.78. The first kappa shape index (κ1) is 14.6. The predicted octanol–water partition coefficient (Wildman–Crippen LogP) is 2.59. The molecule has 1 atom stereocenters. The largest absolute Gasteiger partial charge is 0.408 e. The van der Waals surface area contributed by atoms with Gasteiger partial charge in [-0.25, -0.2) is 0 Å². The Morgan fingerprint density at radius 1 is 1.33 bits per heavy atom. The highest BCUT2D eigenvalue weighted by Gasteiger charge is 2.36. The lowest BCUT2D eigenvalue weighted by molar-refractivity contribution is -0.157. The molecule has 90 valence electrons. The molecule has 0 aliphatic carbocycles. The van der Waals surface area contributed by atoms with E-state index in [-0.39, 0.29) is 10.5 Å². The Bertz CT molecular complexity index is 222. The molecule has 1 N–H and O–H groups in total. The molecule has 2 nitrogen and oxygen atoms in total. The zero-order valence-electron chi connectivity index (χ0n) is 9.23. The summed E-state index contributed by atoms with van der Waals surface area (Å²) in [7, 11) is 0. The number of carbonyl (C=O) groups is 1. The molecule has 0 heterocycles. The van der Waals surface area contributed by atoms with Crippen LogP contribution in [0.2, 0.25) is 0 Å². The van der Waals surface area contributed by atoms with E-state index in [9.17, 15) is 18.0 Å². The van der Waals surface area contributed by atoms with Crippen LogP contribution in [0.15, 0.2) is 0 Å². The molecule has 0 aromatic rings. The Morgan fingerprint density at radius 2 is 1.80 bits per heavy atom. The van der Waals surface area contributed by atoms with E-state index < -0.39 is 18.1 Å². The summed E-state index contributed by atoms with van der Waals surface area (Å²) >= 11 is 1.31. The number of alkyl halides is 3. The zero-order chi connectivity index (χ0) is 12.3.